The van der Waals surface area contributed by atoms with Crippen molar-refractivity contribution in [2.24, 2.45) is 0 Å². The molecule has 4 atom stereocenters. The monoisotopic (exact) mass is 180 g/mol. The van der Waals surface area contributed by atoms with Crippen LogP contribution in [0.2, 0.25) is 0 Å². The van der Waals surface area contributed by atoms with Gasteiger partial charge in [0.1, 0.15) is 6.10 Å². The average Bonchev–Trinajstić information content (AvgIpc) is 2.01. The summed E-state index contributed by atoms with van der Waals surface area (Å²) in [4.78, 5) is 0. The molecule has 0 spiro atoms. The first-order chi connectivity index (χ1) is 5.16. The molecule has 1 saturated heterocycles. The van der Waals surface area contributed by atoms with Crippen molar-refractivity contribution in [3.8, 4) is 0 Å². The van der Waals surface area contributed by atoms with Crippen LogP contribution in [0.25, 0.3) is 0 Å². The SMILES string of the molecule is CO[C@@H]1OC[C@@H](O)[C@@H](O)[C@@H]1S. The maximum atomic E-state index is 9.26. The van der Waals surface area contributed by atoms with Crippen molar-refractivity contribution in [3.05, 3.63) is 0 Å². The van der Waals surface area contributed by atoms with Gasteiger partial charge in [0.25, 0.3) is 0 Å². The first-order valence-electron chi connectivity index (χ1n) is 3.35. The van der Waals surface area contributed by atoms with Gasteiger partial charge in [0.15, 0.2) is 6.29 Å². The summed E-state index contributed by atoms with van der Waals surface area (Å²) in [6, 6.07) is 0. The Hall–Kier alpha value is 0.190. The highest BCUT2D eigenvalue weighted by Crippen LogP contribution is 2.20. The fourth-order valence-corrected chi connectivity index (χ4v) is 1.39. The molecule has 1 fully saturated rings. The molecule has 0 aliphatic carbocycles. The van der Waals surface area contributed by atoms with Gasteiger partial charge in [0.2, 0.25) is 0 Å². The van der Waals surface area contributed by atoms with Gasteiger partial charge in [0, 0.05) is 7.11 Å². The average molecular weight is 180 g/mol. The Balaban J connectivity index is 2.52. The molecule has 0 aromatic carbocycles. The molecule has 1 aliphatic heterocycles. The van der Waals surface area contributed by atoms with Crippen LogP contribution < -0.4 is 0 Å². The second-order valence-electron chi connectivity index (χ2n) is 2.49. The fourth-order valence-electron chi connectivity index (χ4n) is 0.987. The molecule has 0 aromatic rings. The Morgan fingerprint density at radius 1 is 1.55 bits per heavy atom. The predicted octanol–water partition coefficient (Wildman–Crippen LogP) is -0.991. The molecule has 66 valence electrons. The van der Waals surface area contributed by atoms with Gasteiger partial charge in [-0.1, -0.05) is 0 Å². The minimum absolute atomic E-state index is 0.0940. The minimum Gasteiger partial charge on any atom is -0.389 e. The molecular formula is C6H12O4S. The van der Waals surface area contributed by atoms with Crippen LogP contribution in [0.5, 0.6) is 0 Å². The van der Waals surface area contributed by atoms with Crippen molar-refractivity contribution in [2.45, 2.75) is 23.7 Å². The van der Waals surface area contributed by atoms with E-state index in [4.69, 9.17) is 14.6 Å². The largest absolute Gasteiger partial charge is 0.389 e. The van der Waals surface area contributed by atoms with E-state index in [9.17, 15) is 5.11 Å². The van der Waals surface area contributed by atoms with Gasteiger partial charge in [-0.05, 0) is 0 Å². The van der Waals surface area contributed by atoms with Crippen LogP contribution in [0.3, 0.4) is 0 Å². The maximum Gasteiger partial charge on any atom is 0.171 e. The van der Waals surface area contributed by atoms with Gasteiger partial charge >= 0.3 is 0 Å². The number of hydrogen-bond acceptors (Lipinski definition) is 5. The third-order valence-electron chi connectivity index (χ3n) is 1.69. The van der Waals surface area contributed by atoms with Crippen LogP contribution in [-0.4, -0.2) is 47.7 Å². The van der Waals surface area contributed by atoms with E-state index in [0.717, 1.165) is 0 Å². The molecule has 2 N–H and O–H groups in total. The molecule has 0 saturated carbocycles. The zero-order valence-corrected chi connectivity index (χ0v) is 7.07. The first-order valence-corrected chi connectivity index (χ1v) is 3.87. The second-order valence-corrected chi connectivity index (χ2v) is 3.08. The summed E-state index contributed by atoms with van der Waals surface area (Å²) in [5, 5.41) is 17.9. The molecule has 4 nitrogen and oxygen atoms in total. The summed E-state index contributed by atoms with van der Waals surface area (Å²) in [6.45, 7) is 0.0940. The van der Waals surface area contributed by atoms with Crippen molar-refractivity contribution in [2.75, 3.05) is 13.7 Å². The smallest absolute Gasteiger partial charge is 0.171 e. The van der Waals surface area contributed by atoms with Gasteiger partial charge < -0.3 is 19.7 Å². The standard InChI is InChI=1S/C6H12O4S/c1-9-6-5(11)4(8)3(7)2-10-6/h3-8,11H,2H2,1H3/t3-,4-,5+,6-/m1/s1. The number of ether oxygens (including phenoxy) is 2. The van der Waals surface area contributed by atoms with Crippen molar-refractivity contribution < 1.29 is 19.7 Å². The summed E-state index contributed by atoms with van der Waals surface area (Å²) < 4.78 is 9.87. The van der Waals surface area contributed by atoms with E-state index in [1.807, 2.05) is 0 Å². The highest BCUT2D eigenvalue weighted by atomic mass is 32.1. The molecule has 1 heterocycles. The fraction of sp³-hybridized carbons (Fsp3) is 1.00. The molecule has 0 amide bonds. The third-order valence-corrected chi connectivity index (χ3v) is 2.24. The number of hydrogen-bond donors (Lipinski definition) is 3. The molecule has 1 aliphatic rings. The van der Waals surface area contributed by atoms with E-state index in [0.29, 0.717) is 0 Å². The molecular weight excluding hydrogens is 168 g/mol. The molecule has 11 heavy (non-hydrogen) atoms. The summed E-state index contributed by atoms with van der Waals surface area (Å²) in [5.74, 6) is 0. The normalized spacial score (nSPS) is 45.8. The van der Waals surface area contributed by atoms with Gasteiger partial charge in [0.05, 0.1) is 18.0 Å². The van der Waals surface area contributed by atoms with Crippen LogP contribution in [-0.2, 0) is 9.47 Å². The number of thiol groups is 1. The van der Waals surface area contributed by atoms with E-state index < -0.39 is 23.7 Å². The Morgan fingerprint density at radius 3 is 2.73 bits per heavy atom. The second kappa shape index (κ2) is 3.73. The van der Waals surface area contributed by atoms with Crippen molar-refractivity contribution in [1.82, 2.24) is 0 Å². The topological polar surface area (TPSA) is 58.9 Å². The lowest BCUT2D eigenvalue weighted by Crippen LogP contribution is -2.50. The zero-order valence-electron chi connectivity index (χ0n) is 6.17. The Bertz CT molecular complexity index is 130. The lowest BCUT2D eigenvalue weighted by atomic mass is 10.1. The quantitative estimate of drug-likeness (QED) is 0.453. The molecule has 1 rings (SSSR count). The first kappa shape index (κ1) is 9.28. The Kier molecular flexibility index (Phi) is 3.15. The Labute approximate surface area is 70.5 Å². The van der Waals surface area contributed by atoms with E-state index in [1.165, 1.54) is 7.11 Å². The lowest BCUT2D eigenvalue weighted by Gasteiger charge is -2.34. The van der Waals surface area contributed by atoms with Crippen LogP contribution in [0.1, 0.15) is 0 Å². The van der Waals surface area contributed by atoms with Gasteiger partial charge in [-0.25, -0.2) is 0 Å². The van der Waals surface area contributed by atoms with E-state index in [-0.39, 0.29) is 6.61 Å². The summed E-state index contributed by atoms with van der Waals surface area (Å²) in [6.07, 6.45) is -2.27. The van der Waals surface area contributed by atoms with Crippen molar-refractivity contribution in [3.63, 3.8) is 0 Å². The van der Waals surface area contributed by atoms with Gasteiger partial charge in [-0.3, -0.25) is 0 Å². The zero-order chi connectivity index (χ0) is 8.43. The molecule has 5 heteroatoms. The highest BCUT2D eigenvalue weighted by Gasteiger charge is 2.36. The van der Waals surface area contributed by atoms with Gasteiger partial charge in [-0.15, -0.1) is 0 Å². The Morgan fingerprint density at radius 2 is 2.18 bits per heavy atom. The predicted molar refractivity (Wildman–Crippen MR) is 41.5 cm³/mol. The lowest BCUT2D eigenvalue weighted by molar-refractivity contribution is -0.200. The highest BCUT2D eigenvalue weighted by molar-refractivity contribution is 7.81. The number of aliphatic hydroxyl groups excluding tert-OH is 2. The number of methoxy groups -OCH3 is 1. The maximum absolute atomic E-state index is 9.26. The molecule has 0 unspecified atom stereocenters. The van der Waals surface area contributed by atoms with Crippen LogP contribution in [0.15, 0.2) is 0 Å². The summed E-state index contributed by atoms with van der Waals surface area (Å²) in [7, 11) is 1.47. The van der Waals surface area contributed by atoms with Gasteiger partial charge in [-0.2, -0.15) is 12.6 Å². The number of rotatable bonds is 1. The number of aliphatic hydroxyl groups is 2. The minimum atomic E-state index is -0.878. The van der Waals surface area contributed by atoms with Crippen LogP contribution in [0.4, 0.5) is 0 Å². The van der Waals surface area contributed by atoms with Crippen LogP contribution in [0, 0.1) is 0 Å². The third kappa shape index (κ3) is 1.86. The van der Waals surface area contributed by atoms with Crippen molar-refractivity contribution >= 4 is 12.6 Å². The molecule has 0 radical (unpaired) electrons. The molecule has 0 bridgehead atoms. The van der Waals surface area contributed by atoms with E-state index in [1.54, 1.807) is 0 Å². The van der Waals surface area contributed by atoms with E-state index in [2.05, 4.69) is 12.6 Å². The molecule has 0 aromatic heterocycles. The summed E-state index contributed by atoms with van der Waals surface area (Å²) >= 11 is 4.03. The summed E-state index contributed by atoms with van der Waals surface area (Å²) in [5.41, 5.74) is 0. The van der Waals surface area contributed by atoms with Crippen LogP contribution >= 0.6 is 12.6 Å². The van der Waals surface area contributed by atoms with E-state index >= 15 is 0 Å². The van der Waals surface area contributed by atoms with Crippen molar-refractivity contribution in [1.29, 1.82) is 0 Å².